The summed E-state index contributed by atoms with van der Waals surface area (Å²) in [5.41, 5.74) is -0.214. The maximum absolute atomic E-state index is 12.3. The lowest BCUT2D eigenvalue weighted by molar-refractivity contribution is -0.155. The third-order valence-corrected chi connectivity index (χ3v) is 4.50. The van der Waals surface area contributed by atoms with E-state index in [0.29, 0.717) is 29.2 Å². The van der Waals surface area contributed by atoms with Gasteiger partial charge in [-0.05, 0) is 57.2 Å². The molecule has 0 radical (unpaired) electrons. The molecule has 0 aliphatic carbocycles. The Bertz CT molecular complexity index is 854. The van der Waals surface area contributed by atoms with E-state index in [1.807, 2.05) is 39.8 Å². The first-order chi connectivity index (χ1) is 13.1. The van der Waals surface area contributed by atoms with Crippen LogP contribution in [0.2, 0.25) is 5.02 Å². The molecule has 0 unspecified atom stereocenters. The maximum Gasteiger partial charge on any atom is 0.341 e. The van der Waals surface area contributed by atoms with Gasteiger partial charge in [0.05, 0.1) is 13.2 Å². The molecular formula is C22H27ClO5. The van der Waals surface area contributed by atoms with Gasteiger partial charge in [-0.2, -0.15) is 0 Å². The first-order valence-electron chi connectivity index (χ1n) is 9.33. The lowest BCUT2D eigenvalue weighted by Crippen LogP contribution is -2.25. The topological polar surface area (TPSA) is 61.8 Å². The summed E-state index contributed by atoms with van der Waals surface area (Å²) in [6.45, 7) is 7.47. The van der Waals surface area contributed by atoms with Gasteiger partial charge in [-0.1, -0.05) is 30.7 Å². The van der Waals surface area contributed by atoms with Crippen LogP contribution in [0.4, 0.5) is 0 Å². The predicted molar refractivity (Wildman–Crippen MR) is 110 cm³/mol. The Morgan fingerprint density at radius 3 is 2.50 bits per heavy atom. The van der Waals surface area contributed by atoms with Gasteiger partial charge in [-0.25, -0.2) is 4.79 Å². The number of hydrogen-bond acceptors (Lipinski definition) is 5. The summed E-state index contributed by atoms with van der Waals surface area (Å²) in [4.78, 5) is 24.3. The first-order valence-corrected chi connectivity index (χ1v) is 9.71. The van der Waals surface area contributed by atoms with E-state index in [-0.39, 0.29) is 18.5 Å². The van der Waals surface area contributed by atoms with Crippen LogP contribution >= 0.6 is 11.6 Å². The molecule has 0 aromatic heterocycles. The van der Waals surface area contributed by atoms with Crippen molar-refractivity contribution in [3.8, 4) is 5.75 Å². The van der Waals surface area contributed by atoms with Crippen molar-refractivity contribution in [2.24, 2.45) is 0 Å². The quantitative estimate of drug-likeness (QED) is 0.563. The molecule has 0 saturated heterocycles. The van der Waals surface area contributed by atoms with E-state index in [2.05, 4.69) is 0 Å². The van der Waals surface area contributed by atoms with Gasteiger partial charge >= 0.3 is 11.9 Å². The Morgan fingerprint density at radius 2 is 1.89 bits per heavy atom. The van der Waals surface area contributed by atoms with E-state index in [0.717, 1.165) is 10.8 Å². The van der Waals surface area contributed by atoms with Crippen molar-refractivity contribution in [2.45, 2.75) is 58.7 Å². The van der Waals surface area contributed by atoms with Crippen LogP contribution in [0.3, 0.4) is 0 Å². The van der Waals surface area contributed by atoms with Crippen LogP contribution in [0.15, 0.2) is 30.3 Å². The van der Waals surface area contributed by atoms with E-state index in [4.69, 9.17) is 25.8 Å². The molecule has 6 heteroatoms. The van der Waals surface area contributed by atoms with Crippen LogP contribution in [-0.4, -0.2) is 30.8 Å². The van der Waals surface area contributed by atoms with E-state index < -0.39 is 11.6 Å². The Balaban J connectivity index is 2.24. The highest BCUT2D eigenvalue weighted by atomic mass is 35.5. The molecule has 5 nitrogen and oxygen atoms in total. The maximum atomic E-state index is 12.3. The minimum atomic E-state index is -0.519. The normalized spacial score (nSPS) is 12.5. The molecule has 152 valence electrons. The van der Waals surface area contributed by atoms with Crippen molar-refractivity contribution in [1.82, 2.24) is 0 Å². The van der Waals surface area contributed by atoms with Gasteiger partial charge in [0.15, 0.2) is 0 Å². The fourth-order valence-electron chi connectivity index (χ4n) is 2.83. The second-order valence-corrected chi connectivity index (χ2v) is 7.98. The monoisotopic (exact) mass is 406 g/mol. The SMILES string of the molecule is CC[C@H](CCC(=O)OC(C)(C)C)Oc1cc2cccc(Cl)c2cc1C(=O)OC. The third kappa shape index (κ3) is 5.86. The molecule has 28 heavy (non-hydrogen) atoms. The fourth-order valence-corrected chi connectivity index (χ4v) is 3.07. The molecule has 0 aliphatic rings. The Hall–Kier alpha value is -2.27. The van der Waals surface area contributed by atoms with Crippen LogP contribution in [0, 0.1) is 0 Å². The summed E-state index contributed by atoms with van der Waals surface area (Å²) in [6, 6.07) is 8.97. The molecule has 0 heterocycles. The number of halogens is 1. The smallest absolute Gasteiger partial charge is 0.341 e. The Kier molecular flexibility index (Phi) is 7.30. The lowest BCUT2D eigenvalue weighted by Gasteiger charge is -2.22. The highest BCUT2D eigenvalue weighted by Gasteiger charge is 2.21. The number of benzene rings is 2. The van der Waals surface area contributed by atoms with Crippen molar-refractivity contribution in [3.05, 3.63) is 40.9 Å². The van der Waals surface area contributed by atoms with Gasteiger partial charge in [-0.15, -0.1) is 0 Å². The van der Waals surface area contributed by atoms with Gasteiger partial charge in [0.1, 0.15) is 16.9 Å². The number of fused-ring (bicyclic) bond motifs is 1. The van der Waals surface area contributed by atoms with E-state index in [1.165, 1.54) is 7.11 Å². The number of carbonyl (C=O) groups is 2. The van der Waals surface area contributed by atoms with E-state index >= 15 is 0 Å². The molecule has 0 saturated carbocycles. The number of rotatable bonds is 7. The zero-order chi connectivity index (χ0) is 20.9. The fraction of sp³-hybridized carbons (Fsp3) is 0.455. The minimum absolute atomic E-state index is 0.239. The van der Waals surface area contributed by atoms with Crippen molar-refractivity contribution in [1.29, 1.82) is 0 Å². The summed E-state index contributed by atoms with van der Waals surface area (Å²) in [6.07, 6.45) is 1.16. The number of ether oxygens (including phenoxy) is 3. The van der Waals surface area contributed by atoms with Gasteiger partial charge in [0.25, 0.3) is 0 Å². The van der Waals surface area contributed by atoms with Crippen molar-refractivity contribution in [3.63, 3.8) is 0 Å². The third-order valence-electron chi connectivity index (χ3n) is 4.17. The standard InChI is InChI=1S/C22H27ClO5/c1-6-15(10-11-20(24)28-22(2,3)4)27-19-12-14-8-7-9-18(23)16(14)13-17(19)21(25)26-5/h7-9,12-13,15H,6,10-11H2,1-5H3/t15-/m1/s1. The number of carbonyl (C=O) groups excluding carboxylic acids is 2. The summed E-state index contributed by atoms with van der Waals surface area (Å²) in [5, 5.41) is 2.15. The second-order valence-electron chi connectivity index (χ2n) is 7.57. The van der Waals surface area contributed by atoms with Crippen LogP contribution < -0.4 is 4.74 Å². The average Bonchev–Trinajstić information content (AvgIpc) is 2.62. The van der Waals surface area contributed by atoms with Crippen LogP contribution in [0.25, 0.3) is 10.8 Å². The molecule has 2 aromatic rings. The zero-order valence-corrected chi connectivity index (χ0v) is 17.8. The van der Waals surface area contributed by atoms with E-state index in [1.54, 1.807) is 18.2 Å². The largest absolute Gasteiger partial charge is 0.490 e. The van der Waals surface area contributed by atoms with Crippen LogP contribution in [0.5, 0.6) is 5.75 Å². The average molecular weight is 407 g/mol. The van der Waals surface area contributed by atoms with Gasteiger partial charge < -0.3 is 14.2 Å². The van der Waals surface area contributed by atoms with Crippen LogP contribution in [0.1, 0.15) is 57.3 Å². The molecular weight excluding hydrogens is 380 g/mol. The number of esters is 2. The van der Waals surface area contributed by atoms with Crippen molar-refractivity contribution in [2.75, 3.05) is 7.11 Å². The molecule has 0 amide bonds. The summed E-state index contributed by atoms with van der Waals surface area (Å²) < 4.78 is 16.3. The van der Waals surface area contributed by atoms with Crippen molar-refractivity contribution >= 4 is 34.3 Å². The second kappa shape index (κ2) is 9.28. The first kappa shape index (κ1) is 22.0. The van der Waals surface area contributed by atoms with E-state index in [9.17, 15) is 9.59 Å². The van der Waals surface area contributed by atoms with Gasteiger partial charge in [0, 0.05) is 16.8 Å². The summed E-state index contributed by atoms with van der Waals surface area (Å²) in [7, 11) is 1.32. The molecule has 0 fully saturated rings. The molecule has 0 spiro atoms. The number of methoxy groups -OCH3 is 1. The number of hydrogen-bond donors (Lipinski definition) is 0. The molecule has 0 aliphatic heterocycles. The lowest BCUT2D eigenvalue weighted by atomic mass is 10.0. The Morgan fingerprint density at radius 1 is 1.18 bits per heavy atom. The highest BCUT2D eigenvalue weighted by Crippen LogP contribution is 2.32. The van der Waals surface area contributed by atoms with Gasteiger partial charge in [-0.3, -0.25) is 4.79 Å². The van der Waals surface area contributed by atoms with Crippen molar-refractivity contribution < 1.29 is 23.8 Å². The summed E-state index contributed by atoms with van der Waals surface area (Å²) >= 11 is 6.26. The zero-order valence-electron chi connectivity index (χ0n) is 17.0. The Labute approximate surface area is 170 Å². The highest BCUT2D eigenvalue weighted by molar-refractivity contribution is 6.35. The molecule has 0 N–H and O–H groups in total. The predicted octanol–water partition coefficient (Wildman–Crippen LogP) is 5.56. The summed E-state index contributed by atoms with van der Waals surface area (Å²) in [5.74, 6) is -0.357. The van der Waals surface area contributed by atoms with Crippen LogP contribution in [-0.2, 0) is 14.3 Å². The molecule has 1 atom stereocenters. The molecule has 2 rings (SSSR count). The van der Waals surface area contributed by atoms with Gasteiger partial charge in [0.2, 0.25) is 0 Å². The molecule has 2 aromatic carbocycles. The molecule has 0 bridgehead atoms. The minimum Gasteiger partial charge on any atom is -0.490 e.